The second kappa shape index (κ2) is 26.8. The predicted molar refractivity (Wildman–Crippen MR) is 266 cm³/mol. The number of aliphatic carboxylic acids is 1. The molecular weight excluding hydrogens is 931 g/mol. The first kappa shape index (κ1) is 56.8. The first-order valence-electron chi connectivity index (χ1n) is 22.3. The third-order valence-electron chi connectivity index (χ3n) is 10.7. The van der Waals surface area contributed by atoms with Crippen LogP contribution in [0.1, 0.15) is 78.4 Å². The molecule has 7 atom stereocenters. The maximum Gasteiger partial charge on any atom is 0.327 e. The van der Waals surface area contributed by atoms with Crippen LogP contribution < -0.4 is 60.2 Å². The van der Waals surface area contributed by atoms with Crippen LogP contribution in [0.15, 0.2) is 70.6 Å². The summed E-state index contributed by atoms with van der Waals surface area (Å²) in [6.07, 6.45) is 0.444. The predicted octanol–water partition coefficient (Wildman–Crippen LogP) is -0.951. The van der Waals surface area contributed by atoms with Crippen molar-refractivity contribution < 1.29 is 43.5 Å². The van der Waals surface area contributed by atoms with E-state index in [0.29, 0.717) is 17.5 Å². The number of benzene rings is 2. The van der Waals surface area contributed by atoms with Gasteiger partial charge in [-0.2, -0.15) is 0 Å². The maximum atomic E-state index is 14.7. The van der Waals surface area contributed by atoms with E-state index in [1.807, 2.05) is 0 Å². The third-order valence-corrected chi connectivity index (χ3v) is 15.0. The van der Waals surface area contributed by atoms with E-state index in [2.05, 4.69) is 47.2 Å². The molecule has 22 nitrogen and oxygen atoms in total. The van der Waals surface area contributed by atoms with Crippen molar-refractivity contribution in [3.05, 3.63) is 71.8 Å². The summed E-state index contributed by atoms with van der Waals surface area (Å²) < 4.78 is -2.66. The summed E-state index contributed by atoms with van der Waals surface area (Å²) in [6.45, 7) is 9.22. The zero-order valence-corrected chi connectivity index (χ0v) is 41.3. The lowest BCUT2D eigenvalue weighted by Crippen LogP contribution is -2.63. The molecule has 0 radical (unpaired) electrons. The fourth-order valence-corrected chi connectivity index (χ4v) is 9.81. The molecule has 1 aliphatic heterocycles. The molecule has 24 heteroatoms. The highest BCUT2D eigenvalue weighted by Gasteiger charge is 2.45. The number of nitrogens with zero attached hydrogens (tertiary/aromatic N) is 2. The minimum absolute atomic E-state index is 0.0385. The summed E-state index contributed by atoms with van der Waals surface area (Å²) in [4.78, 5) is 118. The third kappa shape index (κ3) is 19.2. The van der Waals surface area contributed by atoms with Crippen molar-refractivity contribution in [2.45, 2.75) is 132 Å². The minimum Gasteiger partial charge on any atom is -0.480 e. The van der Waals surface area contributed by atoms with E-state index in [9.17, 15) is 43.5 Å². The van der Waals surface area contributed by atoms with Crippen molar-refractivity contribution in [3.63, 3.8) is 0 Å². The zero-order chi connectivity index (χ0) is 51.5. The monoisotopic (exact) mass is 997 g/mol. The quantitative estimate of drug-likeness (QED) is 0.0371. The highest BCUT2D eigenvalue weighted by Crippen LogP contribution is 2.46. The Kier molecular flexibility index (Phi) is 22.1. The lowest BCUT2D eigenvalue weighted by molar-refractivity contribution is -0.143. The number of carbonyl (C=O) groups excluding carboxylic acids is 7. The summed E-state index contributed by atoms with van der Waals surface area (Å²) in [5.41, 5.74) is 23.2. The molecule has 0 bridgehead atoms. The number of carbonyl (C=O) groups is 8. The standard InChI is InChI=1S/C45H67N13O9S2/c1-25(52-36(61)29(53-26(2)59)19-13-21-50-42(46)47)35(60)57-33-40(65)54-30(20-14-22-51-43(48)49)37(62)55-31(23-27-15-9-7-10-16-27)38(63)56-32(24-28-17-11-8-12-18-28)39(64)58-34(41(66)67)45(5,6)69-68-44(33,3)4/h7-12,15-18,25,29-34H,13-14,19-24H2,1-6H3,(H,52,61)(H,53,59)(H,54,65)(H,55,62)(H,56,63)(H,57,60)(H,58,64)(H,66,67)(H4,46,47,50)(H4,48,49,51)/t25-,29-,30-,31-,32-,33-,34+/m0/s1. The SMILES string of the molecule is CC(=O)N[C@@H](CCCN=C(N)N)C(=O)N[C@@H](C)C(=O)N[C@H]1C(=O)N[C@@H](CCCN=C(N)N)C(=O)N[C@@H](Cc2ccccc2)C(=O)N[C@@H](Cc2ccccc2)C(=O)N[C@H](C(=O)O)C(C)(C)SSC1(C)C. The van der Waals surface area contributed by atoms with Gasteiger partial charge in [-0.25, -0.2) is 4.79 Å². The molecule has 378 valence electrons. The van der Waals surface area contributed by atoms with Crippen LogP contribution in [0.3, 0.4) is 0 Å². The van der Waals surface area contributed by atoms with Crippen LogP contribution in [0, 0.1) is 0 Å². The Morgan fingerprint density at radius 1 is 0.667 bits per heavy atom. The van der Waals surface area contributed by atoms with Crippen LogP contribution in [-0.4, -0.2) is 129 Å². The van der Waals surface area contributed by atoms with Crippen LogP contribution in [0.4, 0.5) is 0 Å². The van der Waals surface area contributed by atoms with E-state index in [-0.39, 0.29) is 57.1 Å². The number of amides is 7. The van der Waals surface area contributed by atoms with Gasteiger partial charge in [0.1, 0.15) is 42.3 Å². The van der Waals surface area contributed by atoms with E-state index < -0.39 is 99.1 Å². The van der Waals surface area contributed by atoms with Crippen molar-refractivity contribution in [2.24, 2.45) is 32.9 Å². The molecule has 1 fully saturated rings. The second-order valence-corrected chi connectivity index (χ2v) is 21.0. The van der Waals surface area contributed by atoms with Gasteiger partial charge < -0.3 is 65.3 Å². The molecule has 2 aromatic carbocycles. The number of nitrogens with one attached hydrogen (secondary N) is 7. The van der Waals surface area contributed by atoms with E-state index in [4.69, 9.17) is 22.9 Å². The number of aliphatic imine (C=N–C) groups is 2. The molecule has 7 amide bonds. The fraction of sp³-hybridized carbons (Fsp3) is 0.511. The largest absolute Gasteiger partial charge is 0.480 e. The average molecular weight is 998 g/mol. The molecule has 0 saturated carbocycles. The molecular formula is C45H67N13O9S2. The van der Waals surface area contributed by atoms with Crippen LogP contribution in [-0.2, 0) is 51.2 Å². The molecule has 1 aliphatic rings. The molecule has 1 saturated heterocycles. The number of rotatable bonds is 18. The number of hydrogen-bond donors (Lipinski definition) is 12. The van der Waals surface area contributed by atoms with Crippen LogP contribution >= 0.6 is 21.6 Å². The summed E-state index contributed by atoms with van der Waals surface area (Å²) >= 11 is 0. The molecule has 16 N–H and O–H groups in total. The molecule has 0 aliphatic carbocycles. The highest BCUT2D eigenvalue weighted by molar-refractivity contribution is 8.77. The summed E-state index contributed by atoms with van der Waals surface area (Å²) in [5, 5.41) is 29.3. The molecule has 69 heavy (non-hydrogen) atoms. The molecule has 0 spiro atoms. The summed E-state index contributed by atoms with van der Waals surface area (Å²) in [5.74, 6) is -7.01. The van der Waals surface area contributed by atoms with Gasteiger partial charge in [-0.1, -0.05) is 82.3 Å². The van der Waals surface area contributed by atoms with Gasteiger partial charge in [-0.05, 0) is 71.4 Å². The Morgan fingerprint density at radius 3 is 1.62 bits per heavy atom. The van der Waals surface area contributed by atoms with Gasteiger partial charge in [0.05, 0.1) is 4.75 Å². The van der Waals surface area contributed by atoms with E-state index in [1.165, 1.54) is 13.8 Å². The molecule has 0 aromatic heterocycles. The minimum atomic E-state index is -1.56. The van der Waals surface area contributed by atoms with Crippen molar-refractivity contribution in [1.82, 2.24) is 37.2 Å². The smallest absolute Gasteiger partial charge is 0.327 e. The van der Waals surface area contributed by atoms with Crippen molar-refractivity contribution in [1.29, 1.82) is 0 Å². The van der Waals surface area contributed by atoms with Crippen molar-refractivity contribution in [3.8, 4) is 0 Å². The van der Waals surface area contributed by atoms with Gasteiger partial charge >= 0.3 is 5.97 Å². The number of nitrogens with two attached hydrogens (primary N) is 4. The molecule has 3 rings (SSSR count). The fourth-order valence-electron chi connectivity index (χ4n) is 7.00. The van der Waals surface area contributed by atoms with Gasteiger partial charge in [0.25, 0.3) is 0 Å². The topological polar surface area (TPSA) is 370 Å². The summed E-state index contributed by atoms with van der Waals surface area (Å²) in [6, 6.07) is 8.11. The number of carboxylic acids is 1. The van der Waals surface area contributed by atoms with Gasteiger partial charge in [0.2, 0.25) is 41.4 Å². The highest BCUT2D eigenvalue weighted by atomic mass is 33.1. The van der Waals surface area contributed by atoms with Crippen LogP contribution in [0.2, 0.25) is 0 Å². The Bertz CT molecular complexity index is 2170. The molecule has 2 aromatic rings. The average Bonchev–Trinajstić information content (AvgIpc) is 3.27. The van der Waals surface area contributed by atoms with Crippen LogP contribution in [0.5, 0.6) is 0 Å². The summed E-state index contributed by atoms with van der Waals surface area (Å²) in [7, 11) is 2.05. The molecule has 1 heterocycles. The maximum absolute atomic E-state index is 14.7. The molecule has 0 unspecified atom stereocenters. The number of guanidine groups is 2. The van der Waals surface area contributed by atoms with Crippen LogP contribution in [0.25, 0.3) is 0 Å². The second-order valence-electron chi connectivity index (χ2n) is 17.5. The van der Waals surface area contributed by atoms with E-state index in [1.54, 1.807) is 88.4 Å². The van der Waals surface area contributed by atoms with Gasteiger partial charge in [-0.15, -0.1) is 0 Å². The Labute approximate surface area is 409 Å². The van der Waals surface area contributed by atoms with Gasteiger partial charge in [-0.3, -0.25) is 43.5 Å². The number of carboxylic acid groups (broad SMARTS) is 1. The lowest BCUT2D eigenvalue weighted by Gasteiger charge is -2.38. The van der Waals surface area contributed by atoms with Crippen molar-refractivity contribution >= 4 is 80.8 Å². The Hall–Kier alpha value is -6.56. The van der Waals surface area contributed by atoms with Crippen molar-refractivity contribution in [2.75, 3.05) is 13.1 Å². The first-order chi connectivity index (χ1) is 32.4. The Morgan fingerprint density at radius 2 is 1.13 bits per heavy atom. The number of hydrogen-bond acceptors (Lipinski definition) is 12. The zero-order valence-electron chi connectivity index (χ0n) is 39.7. The van der Waals surface area contributed by atoms with E-state index >= 15 is 0 Å². The van der Waals surface area contributed by atoms with Gasteiger partial charge in [0.15, 0.2) is 11.9 Å². The normalized spacial score (nSPS) is 21.7. The Balaban J connectivity index is 2.13. The van der Waals surface area contributed by atoms with E-state index in [0.717, 1.165) is 21.6 Å². The first-order valence-corrected chi connectivity index (χ1v) is 24.4. The van der Waals surface area contributed by atoms with Gasteiger partial charge in [0, 0.05) is 37.6 Å². The lowest BCUT2D eigenvalue weighted by atomic mass is 9.99.